The summed E-state index contributed by atoms with van der Waals surface area (Å²) in [4.78, 5) is 35.0. The van der Waals surface area contributed by atoms with Gasteiger partial charge in [-0.3, -0.25) is 14.4 Å². The summed E-state index contributed by atoms with van der Waals surface area (Å²) in [6, 6.07) is 20.1. The van der Waals surface area contributed by atoms with Crippen molar-refractivity contribution in [3.8, 4) is 5.75 Å². The van der Waals surface area contributed by atoms with Crippen LogP contribution in [0.3, 0.4) is 0 Å². The summed E-state index contributed by atoms with van der Waals surface area (Å²) in [5.41, 5.74) is 1.35. The molecule has 0 unspecified atom stereocenters. The van der Waals surface area contributed by atoms with Gasteiger partial charge >= 0.3 is 0 Å². The number of nitrogens with zero attached hydrogens (tertiary/aromatic N) is 2. The minimum absolute atomic E-state index is 0.244. The average Bonchev–Trinajstić information content (AvgIpc) is 3.48. The second-order valence-electron chi connectivity index (χ2n) is 7.11. The molecule has 2 amide bonds. The van der Waals surface area contributed by atoms with Gasteiger partial charge in [-0.1, -0.05) is 24.3 Å². The van der Waals surface area contributed by atoms with Crippen molar-refractivity contribution in [2.24, 2.45) is 5.92 Å². The zero-order valence-electron chi connectivity index (χ0n) is 16.3. The van der Waals surface area contributed by atoms with Crippen LogP contribution in [0.1, 0.15) is 17.8 Å². The lowest BCUT2D eigenvalue weighted by molar-refractivity contribution is -0.126. The molecule has 5 rings (SSSR count). The number of fused-ring (bicyclic) bond motifs is 1. The van der Waals surface area contributed by atoms with Gasteiger partial charge in [-0.25, -0.2) is 9.96 Å². The molecular weight excluding hydrogens is 400 g/mol. The van der Waals surface area contributed by atoms with Crippen molar-refractivity contribution in [2.45, 2.75) is 19.1 Å². The third-order valence-electron chi connectivity index (χ3n) is 5.37. The third-order valence-corrected chi connectivity index (χ3v) is 6.31. The van der Waals surface area contributed by atoms with E-state index in [0.29, 0.717) is 18.0 Å². The molecule has 1 aromatic heterocycles. The molecule has 3 aromatic rings. The van der Waals surface area contributed by atoms with Gasteiger partial charge in [-0.05, 0) is 54.8 Å². The van der Waals surface area contributed by atoms with Gasteiger partial charge in [0.15, 0.2) is 6.10 Å². The number of carbonyl (C=O) groups excluding carboxylic acids is 2. The van der Waals surface area contributed by atoms with Crippen LogP contribution in [0.5, 0.6) is 5.75 Å². The van der Waals surface area contributed by atoms with E-state index in [1.165, 1.54) is 4.90 Å². The first kappa shape index (κ1) is 18.8. The molecule has 0 spiro atoms. The van der Waals surface area contributed by atoms with Gasteiger partial charge in [0.1, 0.15) is 17.7 Å². The van der Waals surface area contributed by atoms with Crippen LogP contribution < -0.4 is 14.7 Å². The molecule has 0 aliphatic carbocycles. The molecule has 2 fully saturated rings. The maximum absolute atomic E-state index is 13.5. The Morgan fingerprint density at radius 3 is 2.37 bits per heavy atom. The minimum Gasteiger partial charge on any atom is -0.494 e. The van der Waals surface area contributed by atoms with E-state index in [0.717, 1.165) is 10.6 Å². The molecule has 3 heterocycles. The molecule has 2 saturated heterocycles. The van der Waals surface area contributed by atoms with E-state index in [1.807, 2.05) is 54.8 Å². The largest absolute Gasteiger partial charge is 0.494 e. The zero-order chi connectivity index (χ0) is 20.7. The SMILES string of the molecule is CCOc1ccc(N2C(=O)[C@@H]3[C@H](ON(c4ccccc4)[C@@H]3c3cccs3)C2=O)cc1. The summed E-state index contributed by atoms with van der Waals surface area (Å²) in [6.07, 6.45) is -0.851. The monoisotopic (exact) mass is 420 g/mol. The van der Waals surface area contributed by atoms with Crippen molar-refractivity contribution in [1.29, 1.82) is 0 Å². The Hall–Kier alpha value is -3.16. The number of hydroxylamine groups is 1. The number of rotatable bonds is 5. The summed E-state index contributed by atoms with van der Waals surface area (Å²) >= 11 is 1.56. The van der Waals surface area contributed by atoms with Gasteiger partial charge in [0.2, 0.25) is 5.91 Å². The molecule has 0 bridgehead atoms. The molecule has 2 aliphatic rings. The van der Waals surface area contributed by atoms with Crippen LogP contribution in [0.2, 0.25) is 0 Å². The number of benzene rings is 2. The topological polar surface area (TPSA) is 59.1 Å². The van der Waals surface area contributed by atoms with Crippen molar-refractivity contribution < 1.29 is 19.2 Å². The first-order valence-corrected chi connectivity index (χ1v) is 10.7. The summed E-state index contributed by atoms with van der Waals surface area (Å²) in [5, 5.41) is 3.68. The lowest BCUT2D eigenvalue weighted by Gasteiger charge is -2.27. The normalized spacial score (nSPS) is 23.2. The summed E-state index contributed by atoms with van der Waals surface area (Å²) in [6.45, 7) is 2.46. The lowest BCUT2D eigenvalue weighted by atomic mass is 9.95. The Labute approximate surface area is 178 Å². The van der Waals surface area contributed by atoms with Crippen molar-refractivity contribution >= 4 is 34.5 Å². The molecule has 3 atom stereocenters. The van der Waals surface area contributed by atoms with E-state index in [2.05, 4.69) is 0 Å². The second-order valence-corrected chi connectivity index (χ2v) is 8.09. The molecule has 6 nitrogen and oxygen atoms in total. The van der Waals surface area contributed by atoms with Crippen LogP contribution in [-0.2, 0) is 14.4 Å². The number of ether oxygens (including phenoxy) is 1. The number of amides is 2. The Kier molecular flexibility index (Phi) is 4.77. The highest BCUT2D eigenvalue weighted by Crippen LogP contribution is 2.48. The van der Waals surface area contributed by atoms with Gasteiger partial charge in [0.25, 0.3) is 5.91 Å². The molecule has 152 valence electrons. The highest BCUT2D eigenvalue weighted by Gasteiger charge is 2.60. The van der Waals surface area contributed by atoms with Crippen molar-refractivity contribution in [3.63, 3.8) is 0 Å². The van der Waals surface area contributed by atoms with Gasteiger partial charge in [-0.15, -0.1) is 11.3 Å². The van der Waals surface area contributed by atoms with E-state index in [1.54, 1.807) is 40.7 Å². The fraction of sp³-hybridized carbons (Fsp3) is 0.217. The summed E-state index contributed by atoms with van der Waals surface area (Å²) < 4.78 is 5.46. The predicted molar refractivity (Wildman–Crippen MR) is 114 cm³/mol. The summed E-state index contributed by atoms with van der Waals surface area (Å²) in [5.74, 6) is -0.494. The molecule has 30 heavy (non-hydrogen) atoms. The second kappa shape index (κ2) is 7.59. The Morgan fingerprint density at radius 1 is 0.933 bits per heavy atom. The van der Waals surface area contributed by atoms with Crippen LogP contribution in [0.25, 0.3) is 0 Å². The maximum atomic E-state index is 13.5. The highest BCUT2D eigenvalue weighted by atomic mass is 32.1. The fourth-order valence-corrected chi connectivity index (χ4v) is 4.93. The van der Waals surface area contributed by atoms with E-state index >= 15 is 0 Å². The number of imide groups is 1. The molecule has 0 radical (unpaired) electrons. The Bertz CT molecular complexity index is 1050. The van der Waals surface area contributed by atoms with Crippen LogP contribution in [0.4, 0.5) is 11.4 Å². The lowest BCUT2D eigenvalue weighted by Crippen LogP contribution is -2.37. The van der Waals surface area contributed by atoms with Gasteiger partial charge in [-0.2, -0.15) is 0 Å². The first-order chi connectivity index (χ1) is 14.7. The predicted octanol–water partition coefficient (Wildman–Crippen LogP) is 4.20. The number of hydrogen-bond acceptors (Lipinski definition) is 6. The number of hydrogen-bond donors (Lipinski definition) is 0. The molecule has 2 aliphatic heterocycles. The van der Waals surface area contributed by atoms with E-state index in [9.17, 15) is 9.59 Å². The van der Waals surface area contributed by atoms with Crippen molar-refractivity contribution in [3.05, 3.63) is 77.0 Å². The number of thiophene rings is 1. The number of anilines is 2. The van der Waals surface area contributed by atoms with Gasteiger partial charge in [0.05, 0.1) is 18.0 Å². The van der Waals surface area contributed by atoms with Crippen LogP contribution >= 0.6 is 11.3 Å². The van der Waals surface area contributed by atoms with E-state index in [4.69, 9.17) is 9.57 Å². The van der Waals surface area contributed by atoms with Crippen molar-refractivity contribution in [2.75, 3.05) is 16.6 Å². The standard InChI is InChI=1S/C23H20N2O4S/c1-2-28-17-12-10-15(11-13-17)24-22(26)19-20(18-9-6-14-30-18)25(29-21(19)23(24)27)16-7-4-3-5-8-16/h3-14,19-21H,2H2,1H3/t19-,20+,21-/m0/s1. The third kappa shape index (κ3) is 2.98. The molecule has 0 saturated carbocycles. The van der Waals surface area contributed by atoms with Gasteiger partial charge < -0.3 is 4.74 Å². The number of carbonyl (C=O) groups is 2. The van der Waals surface area contributed by atoms with Crippen molar-refractivity contribution in [1.82, 2.24) is 0 Å². The fourth-order valence-electron chi connectivity index (χ4n) is 4.07. The first-order valence-electron chi connectivity index (χ1n) is 9.84. The molecule has 7 heteroatoms. The number of para-hydroxylation sites is 1. The Balaban J connectivity index is 1.51. The van der Waals surface area contributed by atoms with E-state index < -0.39 is 12.0 Å². The zero-order valence-corrected chi connectivity index (χ0v) is 17.1. The van der Waals surface area contributed by atoms with Crippen LogP contribution in [0, 0.1) is 5.92 Å². The molecule has 0 N–H and O–H groups in total. The quantitative estimate of drug-likeness (QED) is 0.579. The van der Waals surface area contributed by atoms with E-state index in [-0.39, 0.29) is 17.9 Å². The molecule has 2 aromatic carbocycles. The van der Waals surface area contributed by atoms with Crippen LogP contribution in [0.15, 0.2) is 72.1 Å². The Morgan fingerprint density at radius 2 is 1.70 bits per heavy atom. The maximum Gasteiger partial charge on any atom is 0.266 e. The summed E-state index contributed by atoms with van der Waals surface area (Å²) in [7, 11) is 0. The van der Waals surface area contributed by atoms with Crippen LogP contribution in [-0.4, -0.2) is 24.5 Å². The molecular formula is C23H20N2O4S. The average molecular weight is 420 g/mol. The smallest absolute Gasteiger partial charge is 0.266 e. The van der Waals surface area contributed by atoms with Gasteiger partial charge in [0, 0.05) is 4.88 Å². The highest BCUT2D eigenvalue weighted by molar-refractivity contribution is 7.10. The minimum atomic E-state index is -0.851.